The second kappa shape index (κ2) is 7.85. The summed E-state index contributed by atoms with van der Waals surface area (Å²) in [4.78, 5) is 15.2. The third kappa shape index (κ3) is 4.40. The maximum absolute atomic E-state index is 12.7. The molecule has 0 aliphatic carbocycles. The molecule has 6 nitrogen and oxygen atoms in total. The van der Waals surface area contributed by atoms with E-state index in [9.17, 15) is 4.79 Å². The van der Waals surface area contributed by atoms with E-state index in [1.54, 1.807) is 0 Å². The summed E-state index contributed by atoms with van der Waals surface area (Å²) in [6.07, 6.45) is 3.84. The minimum Gasteiger partial charge on any atom is -0.351 e. The molecule has 0 unspecified atom stereocenters. The van der Waals surface area contributed by atoms with E-state index in [-0.39, 0.29) is 17.9 Å². The van der Waals surface area contributed by atoms with Crippen molar-refractivity contribution in [2.45, 2.75) is 71.9 Å². The fraction of sp³-hybridized carbons (Fsp3) is 0.842. The van der Waals surface area contributed by atoms with Gasteiger partial charge in [0.2, 0.25) is 5.91 Å². The van der Waals surface area contributed by atoms with Crippen LogP contribution in [0.25, 0.3) is 0 Å². The molecule has 3 heterocycles. The smallest absolute Gasteiger partial charge is 0.223 e. The van der Waals surface area contributed by atoms with Crippen LogP contribution in [0.4, 0.5) is 0 Å². The first-order valence-electron chi connectivity index (χ1n) is 9.88. The molecular formula is C19H33N5O. The van der Waals surface area contributed by atoms with Crippen LogP contribution in [0.5, 0.6) is 0 Å². The molecule has 1 aromatic rings. The van der Waals surface area contributed by atoms with Gasteiger partial charge in [0.1, 0.15) is 11.6 Å². The van der Waals surface area contributed by atoms with Gasteiger partial charge in [0.15, 0.2) is 0 Å². The van der Waals surface area contributed by atoms with E-state index in [1.807, 2.05) is 0 Å². The highest BCUT2D eigenvalue weighted by molar-refractivity contribution is 5.79. The van der Waals surface area contributed by atoms with Gasteiger partial charge in [-0.3, -0.25) is 4.79 Å². The minimum atomic E-state index is 0.176. The summed E-state index contributed by atoms with van der Waals surface area (Å²) in [5.74, 6) is 3.58. The Morgan fingerprint density at radius 2 is 1.88 bits per heavy atom. The van der Waals surface area contributed by atoms with Gasteiger partial charge in [-0.1, -0.05) is 27.7 Å². The Morgan fingerprint density at radius 3 is 2.52 bits per heavy atom. The molecule has 2 aliphatic heterocycles. The average Bonchev–Trinajstić information content (AvgIpc) is 2.98. The normalized spacial score (nSPS) is 22.4. The molecule has 140 valence electrons. The lowest BCUT2D eigenvalue weighted by atomic mass is 9.94. The van der Waals surface area contributed by atoms with Gasteiger partial charge < -0.3 is 14.8 Å². The van der Waals surface area contributed by atoms with Crippen molar-refractivity contribution < 1.29 is 4.79 Å². The Morgan fingerprint density at radius 1 is 1.16 bits per heavy atom. The van der Waals surface area contributed by atoms with E-state index in [2.05, 4.69) is 52.7 Å². The van der Waals surface area contributed by atoms with Gasteiger partial charge in [0.25, 0.3) is 0 Å². The molecule has 6 heteroatoms. The van der Waals surface area contributed by atoms with E-state index in [0.29, 0.717) is 11.8 Å². The molecule has 0 radical (unpaired) electrons. The number of aromatic nitrogens is 3. The van der Waals surface area contributed by atoms with Crippen LogP contribution in [0.3, 0.4) is 0 Å². The Labute approximate surface area is 151 Å². The summed E-state index contributed by atoms with van der Waals surface area (Å²) in [7, 11) is 0. The zero-order chi connectivity index (χ0) is 18.0. The first-order valence-corrected chi connectivity index (χ1v) is 9.88. The molecule has 0 aromatic carbocycles. The van der Waals surface area contributed by atoms with Crippen LogP contribution in [-0.4, -0.2) is 51.2 Å². The largest absolute Gasteiger partial charge is 0.351 e. The lowest BCUT2D eigenvalue weighted by molar-refractivity contribution is -0.127. The summed E-state index contributed by atoms with van der Waals surface area (Å²) in [5.41, 5.74) is 0. The van der Waals surface area contributed by atoms with Crippen LogP contribution >= 0.6 is 0 Å². The second-order valence-corrected chi connectivity index (χ2v) is 8.45. The second-order valence-electron chi connectivity index (χ2n) is 8.45. The summed E-state index contributed by atoms with van der Waals surface area (Å²) >= 11 is 0. The molecule has 2 aliphatic rings. The first-order chi connectivity index (χ1) is 11.9. The van der Waals surface area contributed by atoms with E-state index >= 15 is 0 Å². The minimum absolute atomic E-state index is 0.176. The van der Waals surface area contributed by atoms with Crippen LogP contribution in [-0.2, 0) is 17.8 Å². The summed E-state index contributed by atoms with van der Waals surface area (Å²) in [6.45, 7) is 12.9. The number of nitrogens with one attached hydrogen (secondary N) is 1. The highest BCUT2D eigenvalue weighted by Crippen LogP contribution is 2.22. The quantitative estimate of drug-likeness (QED) is 0.887. The Hall–Kier alpha value is -1.43. The van der Waals surface area contributed by atoms with E-state index in [4.69, 9.17) is 0 Å². The SMILES string of the molecule is CC(C)CN1CCC(C(=O)N[C@H]2CCc3nnc(C(C)C)n3C2)CC1. The van der Waals surface area contributed by atoms with Crippen molar-refractivity contribution in [1.82, 2.24) is 25.0 Å². The molecule has 1 aromatic heterocycles. The molecule has 1 fully saturated rings. The molecular weight excluding hydrogens is 314 g/mol. The van der Waals surface area contributed by atoms with Crippen molar-refractivity contribution in [1.29, 1.82) is 0 Å². The molecule has 3 rings (SSSR count). The highest BCUT2D eigenvalue weighted by Gasteiger charge is 2.29. The standard InChI is InChI=1S/C19H33N5O/c1-13(2)11-23-9-7-15(8-10-23)19(25)20-16-5-6-17-21-22-18(14(3)4)24(17)12-16/h13-16H,5-12H2,1-4H3,(H,20,25)/t16-/m0/s1. The first kappa shape index (κ1) is 18.4. The average molecular weight is 348 g/mol. The predicted octanol–water partition coefficient (Wildman–Crippen LogP) is 2.20. The van der Waals surface area contributed by atoms with Gasteiger partial charge in [-0.15, -0.1) is 10.2 Å². The van der Waals surface area contributed by atoms with E-state index in [1.165, 1.54) is 0 Å². The van der Waals surface area contributed by atoms with Gasteiger partial charge in [-0.2, -0.15) is 0 Å². The number of likely N-dealkylation sites (tertiary alicyclic amines) is 1. The van der Waals surface area contributed by atoms with Crippen molar-refractivity contribution in [3.63, 3.8) is 0 Å². The van der Waals surface area contributed by atoms with Gasteiger partial charge in [-0.05, 0) is 38.3 Å². The monoisotopic (exact) mass is 347 g/mol. The number of rotatable bonds is 5. The number of hydrogen-bond donors (Lipinski definition) is 1. The van der Waals surface area contributed by atoms with Gasteiger partial charge in [-0.25, -0.2) is 0 Å². The topological polar surface area (TPSA) is 63.1 Å². The molecule has 1 N–H and O–H groups in total. The fourth-order valence-electron chi connectivity index (χ4n) is 4.11. The van der Waals surface area contributed by atoms with Crippen LogP contribution in [0.1, 0.15) is 64.5 Å². The Bertz CT molecular complexity index is 587. The summed E-state index contributed by atoms with van der Waals surface area (Å²) in [6, 6.07) is 0.210. The molecule has 0 spiro atoms. The maximum Gasteiger partial charge on any atom is 0.223 e. The molecule has 1 amide bonds. The number of hydrogen-bond acceptors (Lipinski definition) is 4. The molecule has 1 saturated heterocycles. The highest BCUT2D eigenvalue weighted by atomic mass is 16.2. The molecule has 0 saturated carbocycles. The Kier molecular flexibility index (Phi) is 5.77. The molecule has 25 heavy (non-hydrogen) atoms. The number of aryl methyl sites for hydroxylation is 1. The molecule has 0 bridgehead atoms. The predicted molar refractivity (Wildman–Crippen MR) is 98.4 cm³/mol. The van der Waals surface area contributed by atoms with E-state index < -0.39 is 0 Å². The van der Waals surface area contributed by atoms with Gasteiger partial charge in [0, 0.05) is 37.4 Å². The lowest BCUT2D eigenvalue weighted by Crippen LogP contribution is -2.47. The number of piperidine rings is 1. The zero-order valence-corrected chi connectivity index (χ0v) is 16.2. The third-order valence-corrected chi connectivity index (χ3v) is 5.42. The van der Waals surface area contributed by atoms with Crippen LogP contribution in [0.2, 0.25) is 0 Å². The summed E-state index contributed by atoms with van der Waals surface area (Å²) in [5, 5.41) is 11.9. The van der Waals surface area contributed by atoms with E-state index in [0.717, 1.165) is 63.5 Å². The fourth-order valence-corrected chi connectivity index (χ4v) is 4.11. The van der Waals surface area contributed by atoms with Crippen molar-refractivity contribution in [2.75, 3.05) is 19.6 Å². The van der Waals surface area contributed by atoms with Gasteiger partial charge >= 0.3 is 0 Å². The Balaban J connectivity index is 1.52. The summed E-state index contributed by atoms with van der Waals surface area (Å²) < 4.78 is 2.21. The van der Waals surface area contributed by atoms with Crippen LogP contribution < -0.4 is 5.32 Å². The number of carbonyl (C=O) groups excluding carboxylic acids is 1. The third-order valence-electron chi connectivity index (χ3n) is 5.42. The van der Waals surface area contributed by atoms with Crippen molar-refractivity contribution >= 4 is 5.91 Å². The number of nitrogens with zero attached hydrogens (tertiary/aromatic N) is 4. The van der Waals surface area contributed by atoms with Gasteiger partial charge in [0.05, 0.1) is 0 Å². The number of amides is 1. The number of carbonyl (C=O) groups is 1. The zero-order valence-electron chi connectivity index (χ0n) is 16.2. The number of fused-ring (bicyclic) bond motifs is 1. The van der Waals surface area contributed by atoms with Crippen molar-refractivity contribution in [3.05, 3.63) is 11.6 Å². The van der Waals surface area contributed by atoms with Crippen molar-refractivity contribution in [3.8, 4) is 0 Å². The van der Waals surface area contributed by atoms with Crippen LogP contribution in [0, 0.1) is 11.8 Å². The van der Waals surface area contributed by atoms with Crippen molar-refractivity contribution in [2.24, 2.45) is 11.8 Å². The lowest BCUT2D eigenvalue weighted by Gasteiger charge is -2.33. The molecule has 1 atom stereocenters. The van der Waals surface area contributed by atoms with Crippen LogP contribution in [0.15, 0.2) is 0 Å². The maximum atomic E-state index is 12.7.